The highest BCUT2D eigenvalue weighted by molar-refractivity contribution is 5.09. The molecule has 1 heterocycles. The van der Waals surface area contributed by atoms with E-state index in [1.807, 2.05) is 0 Å². The van der Waals surface area contributed by atoms with Gasteiger partial charge in [0, 0.05) is 6.54 Å². The Hall–Kier alpha value is -0.550. The third-order valence-electron chi connectivity index (χ3n) is 3.51. The molecule has 2 fully saturated rings. The Morgan fingerprint density at radius 2 is 2.25 bits per heavy atom. The summed E-state index contributed by atoms with van der Waals surface area (Å²) in [5.41, 5.74) is 0.0104. The normalized spacial score (nSPS) is 41.4. The Bertz CT molecular complexity index is 206. The number of nitriles is 1. The molecular weight excluding hydrogens is 148 g/mol. The number of fused-ring (bicyclic) bond motifs is 1. The van der Waals surface area contributed by atoms with Crippen LogP contribution in [0.4, 0.5) is 0 Å². The first-order valence-electron chi connectivity index (χ1n) is 4.99. The molecule has 2 aliphatic rings. The SMILES string of the molecule is N#CC12CCCCCC1CNC2. The van der Waals surface area contributed by atoms with Gasteiger partial charge in [-0.1, -0.05) is 19.3 Å². The van der Waals surface area contributed by atoms with E-state index in [0.717, 1.165) is 19.5 Å². The molecule has 0 bridgehead atoms. The van der Waals surface area contributed by atoms with Crippen molar-refractivity contribution in [2.45, 2.75) is 32.1 Å². The Morgan fingerprint density at radius 1 is 1.33 bits per heavy atom. The molecule has 2 heteroatoms. The number of hydrogen-bond donors (Lipinski definition) is 1. The average molecular weight is 164 g/mol. The van der Waals surface area contributed by atoms with Gasteiger partial charge < -0.3 is 5.32 Å². The van der Waals surface area contributed by atoms with Crippen molar-refractivity contribution in [1.29, 1.82) is 5.26 Å². The smallest absolute Gasteiger partial charge is 0.0738 e. The van der Waals surface area contributed by atoms with E-state index in [9.17, 15) is 5.26 Å². The summed E-state index contributed by atoms with van der Waals surface area (Å²) in [6, 6.07) is 2.56. The molecule has 2 unspecified atom stereocenters. The van der Waals surface area contributed by atoms with E-state index >= 15 is 0 Å². The zero-order chi connectivity index (χ0) is 8.44. The molecule has 1 saturated heterocycles. The Balaban J connectivity index is 2.18. The molecule has 1 N–H and O–H groups in total. The highest BCUT2D eigenvalue weighted by atomic mass is 14.9. The first kappa shape index (κ1) is 8.07. The lowest BCUT2D eigenvalue weighted by Crippen LogP contribution is -2.27. The van der Waals surface area contributed by atoms with Gasteiger partial charge in [-0.25, -0.2) is 0 Å². The van der Waals surface area contributed by atoms with Gasteiger partial charge in [0.15, 0.2) is 0 Å². The van der Waals surface area contributed by atoms with Gasteiger partial charge in [-0.05, 0) is 25.3 Å². The standard InChI is InChI=1S/C10H16N2/c11-7-10-5-3-1-2-4-9(10)6-12-8-10/h9,12H,1-6,8H2. The van der Waals surface area contributed by atoms with Crippen LogP contribution in [0.1, 0.15) is 32.1 Å². The largest absolute Gasteiger partial charge is 0.315 e. The molecule has 2 rings (SSSR count). The molecule has 12 heavy (non-hydrogen) atoms. The van der Waals surface area contributed by atoms with Crippen LogP contribution < -0.4 is 5.32 Å². The summed E-state index contributed by atoms with van der Waals surface area (Å²) >= 11 is 0. The van der Waals surface area contributed by atoms with E-state index < -0.39 is 0 Å². The maximum absolute atomic E-state index is 9.19. The lowest BCUT2D eigenvalue weighted by molar-refractivity contribution is 0.295. The summed E-state index contributed by atoms with van der Waals surface area (Å²) in [7, 11) is 0. The zero-order valence-electron chi connectivity index (χ0n) is 7.47. The molecule has 1 saturated carbocycles. The van der Waals surface area contributed by atoms with Gasteiger partial charge in [0.25, 0.3) is 0 Å². The van der Waals surface area contributed by atoms with Gasteiger partial charge in [0.1, 0.15) is 0 Å². The number of rotatable bonds is 0. The van der Waals surface area contributed by atoms with Crippen molar-refractivity contribution in [2.24, 2.45) is 11.3 Å². The van der Waals surface area contributed by atoms with Crippen molar-refractivity contribution in [3.63, 3.8) is 0 Å². The summed E-state index contributed by atoms with van der Waals surface area (Å²) in [5.74, 6) is 0.644. The second kappa shape index (κ2) is 3.06. The molecular formula is C10H16N2. The Morgan fingerprint density at radius 3 is 3.08 bits per heavy atom. The van der Waals surface area contributed by atoms with Crippen LogP contribution >= 0.6 is 0 Å². The van der Waals surface area contributed by atoms with E-state index in [1.54, 1.807) is 0 Å². The lowest BCUT2D eigenvalue weighted by atomic mass is 9.76. The molecule has 0 amide bonds. The second-order valence-electron chi connectivity index (χ2n) is 4.20. The average Bonchev–Trinajstić information content (AvgIpc) is 2.40. The molecule has 2 atom stereocenters. The van der Waals surface area contributed by atoms with Crippen molar-refractivity contribution >= 4 is 0 Å². The maximum Gasteiger partial charge on any atom is 0.0738 e. The van der Waals surface area contributed by atoms with E-state index in [1.165, 1.54) is 25.7 Å². The first-order chi connectivity index (χ1) is 5.87. The fourth-order valence-corrected chi connectivity index (χ4v) is 2.67. The van der Waals surface area contributed by atoms with Gasteiger partial charge in [-0.2, -0.15) is 5.26 Å². The lowest BCUT2D eigenvalue weighted by Gasteiger charge is -2.24. The minimum atomic E-state index is 0.0104. The van der Waals surface area contributed by atoms with Crippen LogP contribution in [-0.2, 0) is 0 Å². The quantitative estimate of drug-likeness (QED) is 0.591. The van der Waals surface area contributed by atoms with E-state index in [-0.39, 0.29) is 5.41 Å². The summed E-state index contributed by atoms with van der Waals surface area (Å²) < 4.78 is 0. The fourth-order valence-electron chi connectivity index (χ4n) is 2.67. The maximum atomic E-state index is 9.19. The second-order valence-corrected chi connectivity index (χ2v) is 4.20. The molecule has 0 aromatic carbocycles. The van der Waals surface area contributed by atoms with Gasteiger partial charge in [0.05, 0.1) is 11.5 Å². The Labute approximate surface area is 74.0 Å². The predicted octanol–water partition coefficient (Wildman–Crippen LogP) is 1.68. The predicted molar refractivity (Wildman–Crippen MR) is 47.5 cm³/mol. The van der Waals surface area contributed by atoms with Crippen LogP contribution in [-0.4, -0.2) is 13.1 Å². The Kier molecular flexibility index (Phi) is 2.06. The minimum absolute atomic E-state index is 0.0104. The van der Waals surface area contributed by atoms with Crippen molar-refractivity contribution in [3.05, 3.63) is 0 Å². The minimum Gasteiger partial charge on any atom is -0.315 e. The molecule has 0 radical (unpaired) electrons. The molecule has 0 aromatic heterocycles. The fraction of sp³-hybridized carbons (Fsp3) is 0.900. The highest BCUT2D eigenvalue weighted by Crippen LogP contribution is 2.41. The van der Waals surface area contributed by atoms with Crippen molar-refractivity contribution in [3.8, 4) is 6.07 Å². The highest BCUT2D eigenvalue weighted by Gasteiger charge is 2.43. The summed E-state index contributed by atoms with van der Waals surface area (Å²) in [6.45, 7) is 2.02. The number of nitrogens with zero attached hydrogens (tertiary/aromatic N) is 1. The summed E-state index contributed by atoms with van der Waals surface area (Å²) in [4.78, 5) is 0. The van der Waals surface area contributed by atoms with Crippen molar-refractivity contribution in [2.75, 3.05) is 13.1 Å². The van der Waals surface area contributed by atoms with Gasteiger partial charge >= 0.3 is 0 Å². The van der Waals surface area contributed by atoms with Crippen molar-refractivity contribution in [1.82, 2.24) is 5.32 Å². The third kappa shape index (κ3) is 1.13. The topological polar surface area (TPSA) is 35.8 Å². The van der Waals surface area contributed by atoms with Crippen molar-refractivity contribution < 1.29 is 0 Å². The van der Waals surface area contributed by atoms with Crippen LogP contribution in [0.5, 0.6) is 0 Å². The molecule has 1 aliphatic carbocycles. The molecule has 1 aliphatic heterocycles. The zero-order valence-corrected chi connectivity index (χ0v) is 7.47. The van der Waals surface area contributed by atoms with E-state index in [2.05, 4.69) is 11.4 Å². The molecule has 66 valence electrons. The van der Waals surface area contributed by atoms with E-state index in [0.29, 0.717) is 5.92 Å². The first-order valence-corrected chi connectivity index (χ1v) is 4.99. The van der Waals surface area contributed by atoms with Gasteiger partial charge in [-0.15, -0.1) is 0 Å². The monoisotopic (exact) mass is 164 g/mol. The molecule has 0 spiro atoms. The van der Waals surface area contributed by atoms with Crippen LogP contribution in [0, 0.1) is 22.7 Å². The summed E-state index contributed by atoms with van der Waals surface area (Å²) in [5, 5.41) is 12.5. The molecule has 2 nitrogen and oxygen atoms in total. The van der Waals surface area contributed by atoms with Crippen LogP contribution in [0.15, 0.2) is 0 Å². The van der Waals surface area contributed by atoms with Gasteiger partial charge in [0.2, 0.25) is 0 Å². The van der Waals surface area contributed by atoms with Crippen LogP contribution in [0.2, 0.25) is 0 Å². The number of nitrogens with one attached hydrogen (secondary N) is 1. The number of hydrogen-bond acceptors (Lipinski definition) is 2. The van der Waals surface area contributed by atoms with E-state index in [4.69, 9.17) is 0 Å². The molecule has 0 aromatic rings. The third-order valence-corrected chi connectivity index (χ3v) is 3.51. The van der Waals surface area contributed by atoms with Crippen LogP contribution in [0.25, 0.3) is 0 Å². The van der Waals surface area contributed by atoms with Gasteiger partial charge in [-0.3, -0.25) is 0 Å². The summed E-state index contributed by atoms with van der Waals surface area (Å²) in [6.07, 6.45) is 6.31. The van der Waals surface area contributed by atoms with Crippen LogP contribution in [0.3, 0.4) is 0 Å².